The Morgan fingerprint density at radius 1 is 1.57 bits per heavy atom. The minimum Gasteiger partial charge on any atom is -0.380 e. The number of carbonyl (C=O) groups excluding carboxylic acids is 1. The van der Waals surface area contributed by atoms with Crippen molar-refractivity contribution in [2.45, 2.75) is 19.4 Å². The maximum absolute atomic E-state index is 12.1. The van der Waals surface area contributed by atoms with Crippen LogP contribution in [0.4, 0.5) is 5.69 Å². The van der Waals surface area contributed by atoms with Crippen molar-refractivity contribution < 1.29 is 9.53 Å². The first kappa shape index (κ1) is 15.7. The van der Waals surface area contributed by atoms with Crippen molar-refractivity contribution in [1.29, 1.82) is 0 Å². The van der Waals surface area contributed by atoms with Gasteiger partial charge in [-0.25, -0.2) is 0 Å². The van der Waals surface area contributed by atoms with Crippen LogP contribution in [-0.2, 0) is 9.53 Å². The van der Waals surface area contributed by atoms with Crippen molar-refractivity contribution in [3.8, 4) is 0 Å². The number of aromatic nitrogens is 1. The number of nitrogens with two attached hydrogens (primary N) is 1. The lowest BCUT2D eigenvalue weighted by Crippen LogP contribution is -2.28. The number of amides is 1. The van der Waals surface area contributed by atoms with Crippen LogP contribution >= 0.6 is 11.6 Å². The number of anilines is 1. The monoisotopic (exact) mass is 307 g/mol. The predicted octanol–water partition coefficient (Wildman–Crippen LogP) is 2.50. The second kappa shape index (κ2) is 6.85. The Bertz CT molecular complexity index is 657. The molecule has 21 heavy (non-hydrogen) atoms. The molecule has 3 N–H and O–H groups in total. The van der Waals surface area contributed by atoms with E-state index in [0.717, 1.165) is 16.5 Å². The van der Waals surface area contributed by atoms with Crippen molar-refractivity contribution in [1.82, 2.24) is 4.98 Å². The van der Waals surface area contributed by atoms with Crippen LogP contribution in [0.25, 0.3) is 10.9 Å². The second-order valence-corrected chi connectivity index (χ2v) is 5.20. The Kier molecular flexibility index (Phi) is 5.12. The topological polar surface area (TPSA) is 77.2 Å². The zero-order valence-corrected chi connectivity index (χ0v) is 12.8. The number of hydrogen-bond donors (Lipinski definition) is 2. The number of rotatable bonds is 5. The number of pyridine rings is 1. The van der Waals surface area contributed by atoms with Crippen molar-refractivity contribution >= 4 is 34.1 Å². The van der Waals surface area contributed by atoms with E-state index in [0.29, 0.717) is 10.7 Å². The molecule has 0 fully saturated rings. The van der Waals surface area contributed by atoms with Crippen molar-refractivity contribution in [2.75, 3.05) is 19.0 Å². The van der Waals surface area contributed by atoms with Crippen LogP contribution in [0.15, 0.2) is 24.4 Å². The third kappa shape index (κ3) is 3.50. The minimum absolute atomic E-state index is 0.180. The molecule has 1 aromatic carbocycles. The Morgan fingerprint density at radius 2 is 2.33 bits per heavy atom. The predicted molar refractivity (Wildman–Crippen MR) is 84.6 cm³/mol. The standard InChI is InChI=1S/C15H18ClN3O2/c1-9-6-12(16)15(11-4-3-5-18-14(9)11)19-13(20)7-10(8-17)21-2/h3-6,10H,7-8,17H2,1-2H3,(H,19,20). The Morgan fingerprint density at radius 3 is 3.00 bits per heavy atom. The number of methoxy groups -OCH3 is 1. The summed E-state index contributed by atoms with van der Waals surface area (Å²) in [7, 11) is 1.53. The van der Waals surface area contributed by atoms with E-state index in [9.17, 15) is 4.79 Å². The summed E-state index contributed by atoms with van der Waals surface area (Å²) < 4.78 is 5.11. The maximum atomic E-state index is 12.1. The largest absolute Gasteiger partial charge is 0.380 e. The molecule has 1 heterocycles. The molecule has 0 saturated heterocycles. The van der Waals surface area contributed by atoms with Crippen LogP contribution in [0, 0.1) is 6.92 Å². The van der Waals surface area contributed by atoms with Gasteiger partial charge in [0.05, 0.1) is 28.8 Å². The summed E-state index contributed by atoms with van der Waals surface area (Å²) in [4.78, 5) is 16.4. The molecule has 0 radical (unpaired) electrons. The molecule has 2 rings (SSSR count). The first-order chi connectivity index (χ1) is 10.1. The summed E-state index contributed by atoms with van der Waals surface area (Å²) in [5, 5.41) is 4.14. The van der Waals surface area contributed by atoms with Gasteiger partial charge in [0, 0.05) is 25.2 Å². The number of nitrogens with zero attached hydrogens (tertiary/aromatic N) is 1. The van der Waals surface area contributed by atoms with Gasteiger partial charge in [-0.2, -0.15) is 0 Å². The van der Waals surface area contributed by atoms with Crippen LogP contribution in [0.2, 0.25) is 5.02 Å². The molecular weight excluding hydrogens is 290 g/mol. The first-order valence-electron chi connectivity index (χ1n) is 6.63. The van der Waals surface area contributed by atoms with Crippen molar-refractivity contribution in [3.05, 3.63) is 35.0 Å². The number of fused-ring (bicyclic) bond motifs is 1. The zero-order valence-electron chi connectivity index (χ0n) is 12.0. The lowest BCUT2D eigenvalue weighted by molar-refractivity contribution is -0.118. The molecule has 0 bridgehead atoms. The van der Waals surface area contributed by atoms with Gasteiger partial charge in [0.2, 0.25) is 5.91 Å². The summed E-state index contributed by atoms with van der Waals surface area (Å²) in [5.41, 5.74) is 7.88. The van der Waals surface area contributed by atoms with Crippen LogP contribution in [0.1, 0.15) is 12.0 Å². The maximum Gasteiger partial charge on any atom is 0.227 e. The summed E-state index contributed by atoms with van der Waals surface area (Å²) >= 11 is 6.26. The van der Waals surface area contributed by atoms with Gasteiger partial charge in [0.25, 0.3) is 0 Å². The fraction of sp³-hybridized carbons (Fsp3) is 0.333. The van der Waals surface area contributed by atoms with Crippen LogP contribution in [-0.4, -0.2) is 30.6 Å². The van der Waals surface area contributed by atoms with Gasteiger partial charge < -0.3 is 15.8 Å². The molecule has 1 amide bonds. The van der Waals surface area contributed by atoms with E-state index < -0.39 is 0 Å². The van der Waals surface area contributed by atoms with Gasteiger partial charge in [-0.3, -0.25) is 9.78 Å². The molecule has 1 atom stereocenters. The van der Waals surface area contributed by atoms with Crippen LogP contribution in [0.5, 0.6) is 0 Å². The number of carbonyl (C=O) groups is 1. The molecule has 112 valence electrons. The van der Waals surface area contributed by atoms with Gasteiger partial charge in [-0.1, -0.05) is 11.6 Å². The molecule has 0 aliphatic heterocycles. The van der Waals surface area contributed by atoms with Gasteiger partial charge in [0.1, 0.15) is 0 Å². The normalized spacial score (nSPS) is 12.4. The van der Waals surface area contributed by atoms with Gasteiger partial charge in [-0.15, -0.1) is 0 Å². The first-order valence-corrected chi connectivity index (χ1v) is 7.01. The number of hydrogen-bond acceptors (Lipinski definition) is 4. The SMILES string of the molecule is COC(CN)CC(=O)Nc1c(Cl)cc(C)c2ncccc12. The Hall–Kier alpha value is -1.69. The lowest BCUT2D eigenvalue weighted by Gasteiger charge is -2.15. The number of ether oxygens (including phenoxy) is 1. The highest BCUT2D eigenvalue weighted by Crippen LogP contribution is 2.32. The van der Waals surface area contributed by atoms with Gasteiger partial charge in [0.15, 0.2) is 0 Å². The Labute approximate surface area is 128 Å². The van der Waals surface area contributed by atoms with Crippen LogP contribution < -0.4 is 11.1 Å². The fourth-order valence-corrected chi connectivity index (χ4v) is 2.48. The fourth-order valence-electron chi connectivity index (χ4n) is 2.17. The van der Waals surface area contributed by atoms with E-state index in [1.54, 1.807) is 12.3 Å². The number of benzene rings is 1. The summed E-state index contributed by atoms with van der Waals surface area (Å²) in [6.07, 6.45) is 1.59. The molecule has 0 aliphatic rings. The third-order valence-electron chi connectivity index (χ3n) is 3.31. The molecule has 0 aliphatic carbocycles. The molecule has 0 spiro atoms. The minimum atomic E-state index is -0.307. The van der Waals surface area contributed by atoms with E-state index in [2.05, 4.69) is 10.3 Å². The Balaban J connectivity index is 2.32. The smallest absolute Gasteiger partial charge is 0.227 e. The van der Waals surface area contributed by atoms with E-state index in [-0.39, 0.29) is 25.0 Å². The highest BCUT2D eigenvalue weighted by atomic mass is 35.5. The van der Waals surface area contributed by atoms with Gasteiger partial charge >= 0.3 is 0 Å². The summed E-state index contributed by atoms with van der Waals surface area (Å²) in [6, 6.07) is 5.49. The van der Waals surface area contributed by atoms with Crippen molar-refractivity contribution in [3.63, 3.8) is 0 Å². The van der Waals surface area contributed by atoms with E-state index in [1.807, 2.05) is 19.1 Å². The average Bonchev–Trinajstić information content (AvgIpc) is 2.49. The molecule has 0 saturated carbocycles. The molecule has 5 nitrogen and oxygen atoms in total. The number of aryl methyl sites for hydroxylation is 1. The third-order valence-corrected chi connectivity index (χ3v) is 3.60. The number of halogens is 1. The average molecular weight is 308 g/mol. The highest BCUT2D eigenvalue weighted by Gasteiger charge is 2.15. The van der Waals surface area contributed by atoms with Crippen molar-refractivity contribution in [2.24, 2.45) is 5.73 Å². The summed E-state index contributed by atoms with van der Waals surface area (Å²) in [5.74, 6) is -0.191. The zero-order chi connectivity index (χ0) is 15.4. The van der Waals surface area contributed by atoms with E-state index in [4.69, 9.17) is 22.1 Å². The molecular formula is C15H18ClN3O2. The second-order valence-electron chi connectivity index (χ2n) is 4.80. The highest BCUT2D eigenvalue weighted by molar-refractivity contribution is 6.35. The molecule has 1 aromatic heterocycles. The van der Waals surface area contributed by atoms with Crippen LogP contribution in [0.3, 0.4) is 0 Å². The summed E-state index contributed by atoms with van der Waals surface area (Å²) in [6.45, 7) is 2.22. The van der Waals surface area contributed by atoms with E-state index in [1.165, 1.54) is 7.11 Å². The molecule has 6 heteroatoms. The van der Waals surface area contributed by atoms with Gasteiger partial charge in [-0.05, 0) is 30.7 Å². The van der Waals surface area contributed by atoms with E-state index >= 15 is 0 Å². The number of nitrogens with one attached hydrogen (secondary N) is 1. The molecule has 2 aromatic rings. The lowest BCUT2D eigenvalue weighted by atomic mass is 10.1. The quantitative estimate of drug-likeness (QED) is 0.889. The molecule has 1 unspecified atom stereocenters.